The fraction of sp³-hybridized carbons (Fsp3) is 0.500. The van der Waals surface area contributed by atoms with Crippen LogP contribution in [0.1, 0.15) is 6.92 Å². The fourth-order valence-corrected chi connectivity index (χ4v) is 3.85. The monoisotopic (exact) mass is 312 g/mol. The average molecular weight is 312 g/mol. The average Bonchev–Trinajstić information content (AvgIpc) is 2.48. The molecule has 0 aliphatic carbocycles. The van der Waals surface area contributed by atoms with Crippen LogP contribution in [-0.4, -0.2) is 47.7 Å². The quantitative estimate of drug-likeness (QED) is 0.641. The lowest BCUT2D eigenvalue weighted by molar-refractivity contribution is -0.894. The van der Waals surface area contributed by atoms with Crippen molar-refractivity contribution in [1.29, 1.82) is 0 Å². The first-order valence-electron chi connectivity index (χ1n) is 7.27. The highest BCUT2D eigenvalue weighted by Crippen LogP contribution is 2.22. The summed E-state index contributed by atoms with van der Waals surface area (Å²) in [7, 11) is -3.46. The molecular formula is C14H24N4O2S+2. The van der Waals surface area contributed by atoms with Crippen molar-refractivity contribution in [2.24, 2.45) is 0 Å². The second-order valence-electron chi connectivity index (χ2n) is 5.13. The van der Waals surface area contributed by atoms with Gasteiger partial charge in [-0.2, -0.15) is 0 Å². The maximum Gasteiger partial charge on any atom is 0.248 e. The maximum atomic E-state index is 12.3. The summed E-state index contributed by atoms with van der Waals surface area (Å²) in [6, 6.07) is 1.84. The minimum absolute atomic E-state index is 0.319. The lowest BCUT2D eigenvalue weighted by atomic mass is 10.2. The first-order chi connectivity index (χ1) is 10.1. The first kappa shape index (κ1) is 15.9. The summed E-state index contributed by atoms with van der Waals surface area (Å²) in [5, 5.41) is 0. The van der Waals surface area contributed by atoms with Crippen LogP contribution < -0.4 is 19.5 Å². The Morgan fingerprint density at radius 2 is 2.19 bits per heavy atom. The number of piperazine rings is 1. The van der Waals surface area contributed by atoms with Crippen LogP contribution in [0, 0.1) is 0 Å². The number of hydrogen-bond donors (Lipinski definition) is 2. The number of hydrogen-bond acceptors (Lipinski definition) is 3. The van der Waals surface area contributed by atoms with Crippen LogP contribution >= 0.6 is 0 Å². The van der Waals surface area contributed by atoms with E-state index in [0.29, 0.717) is 11.4 Å². The van der Waals surface area contributed by atoms with Gasteiger partial charge in [0.15, 0.2) is 17.3 Å². The molecule has 21 heavy (non-hydrogen) atoms. The number of H-pyrrole nitrogens is 1. The lowest BCUT2D eigenvalue weighted by Gasteiger charge is -2.33. The Morgan fingerprint density at radius 3 is 2.81 bits per heavy atom. The maximum absolute atomic E-state index is 12.3. The van der Waals surface area contributed by atoms with Gasteiger partial charge in [0.2, 0.25) is 10.0 Å². The number of rotatable bonds is 6. The number of sulfonamides is 1. The summed E-state index contributed by atoms with van der Waals surface area (Å²) in [5.74, 6) is 0. The van der Waals surface area contributed by atoms with Gasteiger partial charge in [0.1, 0.15) is 0 Å². The van der Waals surface area contributed by atoms with E-state index in [1.807, 2.05) is 12.1 Å². The van der Waals surface area contributed by atoms with E-state index >= 15 is 0 Å². The van der Waals surface area contributed by atoms with E-state index in [-0.39, 0.29) is 0 Å². The van der Waals surface area contributed by atoms with Gasteiger partial charge in [-0.25, -0.2) is 18.1 Å². The van der Waals surface area contributed by atoms with Crippen molar-refractivity contribution in [1.82, 2.24) is 4.72 Å². The van der Waals surface area contributed by atoms with Gasteiger partial charge >= 0.3 is 0 Å². The number of aromatic amines is 1. The molecule has 7 heteroatoms. The van der Waals surface area contributed by atoms with E-state index in [1.54, 1.807) is 19.3 Å². The first-order valence-corrected chi connectivity index (χ1v) is 8.76. The van der Waals surface area contributed by atoms with E-state index in [0.717, 1.165) is 38.4 Å². The lowest BCUT2D eigenvalue weighted by Crippen LogP contribution is -3.14. The van der Waals surface area contributed by atoms with E-state index in [4.69, 9.17) is 0 Å². The van der Waals surface area contributed by atoms with Crippen molar-refractivity contribution in [3.63, 3.8) is 0 Å². The largest absolute Gasteiger partial charge is 0.359 e. The molecule has 1 aromatic rings. The van der Waals surface area contributed by atoms with Crippen molar-refractivity contribution in [2.75, 3.05) is 44.2 Å². The molecule has 0 unspecified atom stereocenters. The fourth-order valence-electron chi connectivity index (χ4n) is 2.62. The molecule has 1 fully saturated rings. The van der Waals surface area contributed by atoms with E-state index < -0.39 is 10.0 Å². The number of pyridine rings is 1. The minimum Gasteiger partial charge on any atom is -0.359 e. The van der Waals surface area contributed by atoms with Gasteiger partial charge in [-0.05, 0) is 6.08 Å². The van der Waals surface area contributed by atoms with Crippen LogP contribution in [0.3, 0.4) is 0 Å². The highest BCUT2D eigenvalue weighted by atomic mass is 32.2. The number of aromatic nitrogens is 1. The molecule has 0 amide bonds. The molecule has 1 aliphatic rings. The molecule has 6 nitrogen and oxygen atoms in total. The normalized spacial score (nSPS) is 16.9. The Bertz CT molecular complexity index is 580. The number of anilines is 1. The number of nitrogens with one attached hydrogen (secondary N) is 3. The molecule has 0 saturated carbocycles. The molecule has 116 valence electrons. The zero-order valence-electron chi connectivity index (χ0n) is 12.4. The molecule has 0 spiro atoms. The highest BCUT2D eigenvalue weighted by Gasteiger charge is 2.27. The summed E-state index contributed by atoms with van der Waals surface area (Å²) in [5.41, 5.74) is 0.771. The van der Waals surface area contributed by atoms with Crippen LogP contribution in [0.4, 0.5) is 5.69 Å². The van der Waals surface area contributed by atoms with Crippen molar-refractivity contribution in [3.05, 3.63) is 31.1 Å². The molecule has 0 bridgehead atoms. The molecule has 3 N–H and O–H groups in total. The van der Waals surface area contributed by atoms with Gasteiger partial charge in [0.25, 0.3) is 0 Å². The summed E-state index contributed by atoms with van der Waals surface area (Å²) >= 11 is 0. The van der Waals surface area contributed by atoms with Gasteiger partial charge in [-0.3, -0.25) is 0 Å². The molecular weight excluding hydrogens is 288 g/mol. The number of nitrogens with zero attached hydrogens (tertiary/aromatic N) is 1. The van der Waals surface area contributed by atoms with Crippen LogP contribution in [0.2, 0.25) is 0 Å². The van der Waals surface area contributed by atoms with Gasteiger partial charge in [0.05, 0.1) is 38.4 Å². The highest BCUT2D eigenvalue weighted by molar-refractivity contribution is 7.89. The summed E-state index contributed by atoms with van der Waals surface area (Å²) < 4.78 is 27.1. The summed E-state index contributed by atoms with van der Waals surface area (Å²) in [6.45, 7) is 10.6. The molecule has 0 radical (unpaired) electrons. The molecule has 1 saturated heterocycles. The van der Waals surface area contributed by atoms with Crippen LogP contribution in [0.15, 0.2) is 36.0 Å². The zero-order chi connectivity index (χ0) is 15.3. The van der Waals surface area contributed by atoms with E-state index in [9.17, 15) is 8.42 Å². The summed E-state index contributed by atoms with van der Waals surface area (Å²) in [4.78, 5) is 6.82. The van der Waals surface area contributed by atoms with Gasteiger partial charge in [-0.1, -0.05) is 13.5 Å². The molecule has 2 rings (SSSR count). The second-order valence-corrected chi connectivity index (χ2v) is 6.86. The van der Waals surface area contributed by atoms with Crippen LogP contribution in [-0.2, 0) is 10.0 Å². The third-order valence-corrected chi connectivity index (χ3v) is 5.25. The predicted molar refractivity (Wildman–Crippen MR) is 81.8 cm³/mol. The molecule has 0 aromatic carbocycles. The Hall–Kier alpha value is -1.44. The zero-order valence-corrected chi connectivity index (χ0v) is 13.2. The number of quaternary nitrogens is 1. The van der Waals surface area contributed by atoms with Crippen molar-refractivity contribution < 1.29 is 18.3 Å². The molecule has 1 aliphatic heterocycles. The standard InChI is InChI=1S/C14H22N4O2S/c1-3-7-17-8-10-18(11-9-17)13-5-6-15-12-14(13)21(19,20)16-4-2/h3,5-6,12,16H,1,4,7-11H2,2H3/p+2. The molecule has 2 heterocycles. The van der Waals surface area contributed by atoms with Crippen molar-refractivity contribution in [2.45, 2.75) is 11.8 Å². The Kier molecular flexibility index (Phi) is 5.33. The SMILES string of the molecule is C=CC[NH+]1CCN(c2cc[nH+]cc2S(=O)(=O)NCC)CC1. The third-order valence-electron chi connectivity index (χ3n) is 3.67. The van der Waals surface area contributed by atoms with Crippen LogP contribution in [0.25, 0.3) is 0 Å². The van der Waals surface area contributed by atoms with Crippen LogP contribution in [0.5, 0.6) is 0 Å². The smallest absolute Gasteiger partial charge is 0.248 e. The molecule has 1 aromatic heterocycles. The van der Waals surface area contributed by atoms with E-state index in [2.05, 4.69) is 21.2 Å². The Labute approximate surface area is 126 Å². The predicted octanol–water partition coefficient (Wildman–Crippen LogP) is -1.31. The van der Waals surface area contributed by atoms with Crippen molar-refractivity contribution >= 4 is 15.7 Å². The van der Waals surface area contributed by atoms with Gasteiger partial charge in [0, 0.05) is 12.6 Å². The topological polar surface area (TPSA) is 68.0 Å². The molecule has 0 atom stereocenters. The third kappa shape index (κ3) is 3.81. The summed E-state index contributed by atoms with van der Waals surface area (Å²) in [6.07, 6.45) is 5.25. The van der Waals surface area contributed by atoms with Gasteiger partial charge in [-0.15, -0.1) is 0 Å². The minimum atomic E-state index is -3.46. The van der Waals surface area contributed by atoms with Crippen molar-refractivity contribution in [3.8, 4) is 0 Å². The van der Waals surface area contributed by atoms with Gasteiger partial charge < -0.3 is 9.80 Å². The second kappa shape index (κ2) is 7.02. The van der Waals surface area contributed by atoms with E-state index in [1.165, 1.54) is 4.90 Å². The Balaban J connectivity index is 2.20. The Morgan fingerprint density at radius 1 is 1.48 bits per heavy atom.